The number of hydrogen-bond acceptors (Lipinski definition) is 3. The highest BCUT2D eigenvalue weighted by atomic mass is 35.5. The Bertz CT molecular complexity index is 972. The quantitative estimate of drug-likeness (QED) is 0.652. The number of aromatic nitrogens is 4. The maximum absolute atomic E-state index is 13.9. The summed E-state index contributed by atoms with van der Waals surface area (Å²) in [6.45, 7) is 4.90. The van der Waals surface area contributed by atoms with E-state index in [0.29, 0.717) is 16.4 Å². The molecule has 140 valence electrons. The Balaban J connectivity index is 1.64. The first-order valence-corrected chi connectivity index (χ1v) is 8.83. The van der Waals surface area contributed by atoms with Crippen LogP contribution in [0.15, 0.2) is 42.7 Å². The Kier molecular flexibility index (Phi) is 5.71. The second-order valence-corrected chi connectivity index (χ2v) is 6.33. The molecule has 8 heteroatoms. The van der Waals surface area contributed by atoms with E-state index in [9.17, 15) is 9.18 Å². The minimum Gasteiger partial charge on any atom is -0.306 e. The van der Waals surface area contributed by atoms with Gasteiger partial charge in [-0.1, -0.05) is 17.7 Å². The largest absolute Gasteiger partial charge is 0.306 e. The molecule has 0 atom stereocenters. The van der Waals surface area contributed by atoms with E-state index >= 15 is 0 Å². The molecule has 27 heavy (non-hydrogen) atoms. The van der Waals surface area contributed by atoms with E-state index in [1.165, 1.54) is 16.8 Å². The minimum absolute atomic E-state index is 0.173. The first-order chi connectivity index (χ1) is 13.0. The van der Waals surface area contributed by atoms with Crippen molar-refractivity contribution in [3.63, 3.8) is 0 Å². The van der Waals surface area contributed by atoms with Crippen LogP contribution in [0.1, 0.15) is 23.7 Å². The van der Waals surface area contributed by atoms with Crippen LogP contribution in [0.2, 0.25) is 5.02 Å². The van der Waals surface area contributed by atoms with Crippen molar-refractivity contribution in [2.75, 3.05) is 5.32 Å². The number of aryl methyl sites for hydroxylation is 1. The van der Waals surface area contributed by atoms with Crippen molar-refractivity contribution in [2.45, 2.75) is 26.9 Å². The predicted octanol–water partition coefficient (Wildman–Crippen LogP) is 3.90. The fourth-order valence-corrected chi connectivity index (χ4v) is 2.86. The number of benzene rings is 1. The molecule has 6 nitrogen and oxygen atoms in total. The number of halogens is 2. The Labute approximate surface area is 161 Å². The van der Waals surface area contributed by atoms with Crippen LogP contribution in [0.4, 0.5) is 10.2 Å². The second-order valence-electron chi connectivity index (χ2n) is 5.92. The van der Waals surface area contributed by atoms with Gasteiger partial charge >= 0.3 is 0 Å². The van der Waals surface area contributed by atoms with Gasteiger partial charge in [0.25, 0.3) is 0 Å². The maximum Gasteiger partial charge on any atom is 0.249 e. The van der Waals surface area contributed by atoms with Crippen molar-refractivity contribution in [2.24, 2.45) is 0 Å². The maximum atomic E-state index is 13.9. The lowest BCUT2D eigenvalue weighted by Gasteiger charge is -2.05. The van der Waals surface area contributed by atoms with Crippen LogP contribution in [0, 0.1) is 12.7 Å². The summed E-state index contributed by atoms with van der Waals surface area (Å²) in [6, 6.07) is 6.16. The van der Waals surface area contributed by atoms with E-state index in [2.05, 4.69) is 15.5 Å². The molecule has 0 radical (unpaired) electrons. The van der Waals surface area contributed by atoms with Crippen molar-refractivity contribution < 1.29 is 9.18 Å². The van der Waals surface area contributed by atoms with Gasteiger partial charge in [0.2, 0.25) is 5.91 Å². The Hall–Kier alpha value is -2.93. The summed E-state index contributed by atoms with van der Waals surface area (Å²) in [5.41, 5.74) is 2.22. The number of rotatable bonds is 6. The molecule has 2 aromatic heterocycles. The molecule has 0 fully saturated rings. The average molecular weight is 388 g/mol. The summed E-state index contributed by atoms with van der Waals surface area (Å²) < 4.78 is 17.2. The molecular formula is C19H19ClFN5O. The Morgan fingerprint density at radius 3 is 2.89 bits per heavy atom. The van der Waals surface area contributed by atoms with Gasteiger partial charge in [-0.15, -0.1) is 0 Å². The second kappa shape index (κ2) is 8.18. The highest BCUT2D eigenvalue weighted by molar-refractivity contribution is 6.31. The molecule has 0 aliphatic heterocycles. The molecule has 1 N–H and O–H groups in total. The summed E-state index contributed by atoms with van der Waals surface area (Å²) in [6.07, 6.45) is 6.50. The molecule has 0 saturated heterocycles. The number of hydrogen-bond donors (Lipinski definition) is 1. The van der Waals surface area contributed by atoms with Gasteiger partial charge in [-0.2, -0.15) is 10.2 Å². The molecule has 0 saturated carbocycles. The molecule has 0 spiro atoms. The minimum atomic E-state index is -0.394. The fourth-order valence-electron chi connectivity index (χ4n) is 2.64. The summed E-state index contributed by atoms with van der Waals surface area (Å²) >= 11 is 6.03. The van der Waals surface area contributed by atoms with Gasteiger partial charge < -0.3 is 5.32 Å². The molecule has 0 unspecified atom stereocenters. The third-order valence-corrected chi connectivity index (χ3v) is 4.48. The van der Waals surface area contributed by atoms with Crippen LogP contribution in [0.3, 0.4) is 0 Å². The van der Waals surface area contributed by atoms with Crippen LogP contribution in [-0.4, -0.2) is 25.5 Å². The lowest BCUT2D eigenvalue weighted by molar-refractivity contribution is -0.111. The summed E-state index contributed by atoms with van der Waals surface area (Å²) in [5.74, 6) is -0.333. The zero-order chi connectivity index (χ0) is 19.4. The molecule has 0 bridgehead atoms. The third-order valence-electron chi connectivity index (χ3n) is 4.13. The van der Waals surface area contributed by atoms with Gasteiger partial charge in [-0.3, -0.25) is 14.2 Å². The van der Waals surface area contributed by atoms with E-state index in [4.69, 9.17) is 11.6 Å². The zero-order valence-corrected chi connectivity index (χ0v) is 15.7. The van der Waals surface area contributed by atoms with Crippen molar-refractivity contribution >= 4 is 29.4 Å². The topological polar surface area (TPSA) is 64.7 Å². The number of nitrogens with zero attached hydrogens (tertiary/aromatic N) is 4. The average Bonchev–Trinajstić information content (AvgIpc) is 3.22. The first-order valence-electron chi connectivity index (χ1n) is 8.45. The number of carbonyl (C=O) groups is 1. The number of anilines is 1. The van der Waals surface area contributed by atoms with Gasteiger partial charge in [0, 0.05) is 46.7 Å². The van der Waals surface area contributed by atoms with E-state index in [0.717, 1.165) is 17.8 Å². The predicted molar refractivity (Wildman–Crippen MR) is 103 cm³/mol. The molecule has 1 amide bonds. The number of carbonyl (C=O) groups excluding carboxylic acids is 1. The van der Waals surface area contributed by atoms with Crippen molar-refractivity contribution in [1.29, 1.82) is 0 Å². The first kappa shape index (κ1) is 18.8. The highest BCUT2D eigenvalue weighted by Crippen LogP contribution is 2.20. The Morgan fingerprint density at radius 1 is 1.37 bits per heavy atom. The molecule has 3 rings (SSSR count). The normalized spacial score (nSPS) is 11.3. The molecular weight excluding hydrogens is 369 g/mol. The molecule has 2 heterocycles. The monoisotopic (exact) mass is 387 g/mol. The van der Waals surface area contributed by atoms with Crippen molar-refractivity contribution in [3.05, 3.63) is 70.4 Å². The summed E-state index contributed by atoms with van der Waals surface area (Å²) in [4.78, 5) is 12.1. The summed E-state index contributed by atoms with van der Waals surface area (Å²) in [5, 5.41) is 11.5. The van der Waals surface area contributed by atoms with Crippen LogP contribution in [0.5, 0.6) is 0 Å². The highest BCUT2D eigenvalue weighted by Gasteiger charge is 2.09. The lowest BCUT2D eigenvalue weighted by Crippen LogP contribution is -2.10. The van der Waals surface area contributed by atoms with Crippen LogP contribution < -0.4 is 5.32 Å². The van der Waals surface area contributed by atoms with Crippen LogP contribution in [-0.2, 0) is 17.9 Å². The van der Waals surface area contributed by atoms with E-state index in [1.54, 1.807) is 36.7 Å². The molecule has 3 aromatic rings. The number of amides is 1. The van der Waals surface area contributed by atoms with Crippen molar-refractivity contribution in [3.8, 4) is 0 Å². The third kappa shape index (κ3) is 4.43. The van der Waals surface area contributed by atoms with Crippen LogP contribution >= 0.6 is 11.6 Å². The van der Waals surface area contributed by atoms with E-state index < -0.39 is 5.82 Å². The number of nitrogens with one attached hydrogen (secondary N) is 1. The summed E-state index contributed by atoms with van der Waals surface area (Å²) in [7, 11) is 0. The van der Waals surface area contributed by atoms with Gasteiger partial charge in [0.1, 0.15) is 5.82 Å². The SMILES string of the molecule is CCn1ncc(C=CC(=O)Nc2ccn(Cc3c(F)cccc3Cl)n2)c1C. The van der Waals surface area contributed by atoms with Gasteiger partial charge in [-0.05, 0) is 32.1 Å². The van der Waals surface area contributed by atoms with Gasteiger partial charge in [0.05, 0.1) is 12.7 Å². The molecule has 1 aromatic carbocycles. The van der Waals surface area contributed by atoms with E-state index in [1.807, 2.05) is 18.5 Å². The van der Waals surface area contributed by atoms with E-state index in [-0.39, 0.29) is 12.5 Å². The zero-order valence-electron chi connectivity index (χ0n) is 15.0. The fraction of sp³-hybridized carbons (Fsp3) is 0.211. The Morgan fingerprint density at radius 2 is 2.19 bits per heavy atom. The lowest BCUT2D eigenvalue weighted by atomic mass is 10.2. The molecule has 0 aliphatic rings. The van der Waals surface area contributed by atoms with Gasteiger partial charge in [-0.25, -0.2) is 4.39 Å². The van der Waals surface area contributed by atoms with Crippen molar-refractivity contribution in [1.82, 2.24) is 19.6 Å². The van der Waals surface area contributed by atoms with Crippen LogP contribution in [0.25, 0.3) is 6.08 Å². The standard InChI is InChI=1S/C19H19ClFN5O/c1-3-26-13(2)14(11-22-26)7-8-19(27)23-18-9-10-25(24-18)12-15-16(20)5-4-6-17(15)21/h4-11H,3,12H2,1-2H3,(H,23,24,27). The smallest absolute Gasteiger partial charge is 0.249 e. The van der Waals surface area contributed by atoms with Gasteiger partial charge in [0.15, 0.2) is 5.82 Å². The molecule has 0 aliphatic carbocycles.